The van der Waals surface area contributed by atoms with E-state index in [0.717, 1.165) is 24.2 Å². The van der Waals surface area contributed by atoms with Crippen molar-refractivity contribution in [2.75, 3.05) is 6.54 Å². The van der Waals surface area contributed by atoms with Crippen molar-refractivity contribution in [3.05, 3.63) is 29.8 Å². The van der Waals surface area contributed by atoms with Gasteiger partial charge in [0.25, 0.3) is 0 Å². The van der Waals surface area contributed by atoms with Gasteiger partial charge in [0, 0.05) is 5.92 Å². The van der Waals surface area contributed by atoms with E-state index in [9.17, 15) is 4.39 Å². The van der Waals surface area contributed by atoms with Crippen LogP contribution < -0.4 is 5.73 Å². The molecule has 0 bridgehead atoms. The van der Waals surface area contributed by atoms with Crippen molar-refractivity contribution < 1.29 is 4.39 Å². The molecule has 3 rings (SSSR count). The fraction of sp³-hybridized carbons (Fsp3) is 0.462. The summed E-state index contributed by atoms with van der Waals surface area (Å²) in [6.07, 6.45) is 3.44. The first-order valence-corrected chi connectivity index (χ1v) is 6.14. The number of hydrogen-bond donors (Lipinski definition) is 2. The van der Waals surface area contributed by atoms with Gasteiger partial charge in [-0.1, -0.05) is 12.5 Å². The quantitative estimate of drug-likeness (QED) is 0.837. The molecule has 2 unspecified atom stereocenters. The number of fused-ring (bicyclic) bond motifs is 1. The number of rotatable bonds is 2. The second-order valence-electron chi connectivity index (χ2n) is 4.79. The first kappa shape index (κ1) is 10.7. The molecule has 1 aliphatic rings. The molecule has 1 aliphatic carbocycles. The lowest BCUT2D eigenvalue weighted by Gasteiger charge is -2.14. The lowest BCUT2D eigenvalue weighted by atomic mass is 9.96. The zero-order valence-electron chi connectivity index (χ0n) is 9.62. The number of H-pyrrole nitrogens is 1. The van der Waals surface area contributed by atoms with Crippen LogP contribution in [0.5, 0.6) is 0 Å². The largest absolute Gasteiger partial charge is 0.342 e. The molecule has 1 aromatic carbocycles. The van der Waals surface area contributed by atoms with E-state index in [1.54, 1.807) is 6.07 Å². The van der Waals surface area contributed by atoms with E-state index in [-0.39, 0.29) is 5.82 Å². The number of nitrogens with one attached hydrogen (secondary N) is 1. The smallest absolute Gasteiger partial charge is 0.151 e. The van der Waals surface area contributed by atoms with E-state index in [1.807, 2.05) is 6.07 Å². The number of halogens is 1. The second kappa shape index (κ2) is 4.11. The summed E-state index contributed by atoms with van der Waals surface area (Å²) >= 11 is 0. The molecule has 0 saturated heterocycles. The number of nitrogens with zero attached hydrogens (tertiary/aromatic N) is 1. The number of imidazole rings is 1. The molecule has 17 heavy (non-hydrogen) atoms. The Labute approximate surface area is 99.2 Å². The van der Waals surface area contributed by atoms with Crippen molar-refractivity contribution >= 4 is 11.0 Å². The van der Waals surface area contributed by atoms with Gasteiger partial charge in [0.2, 0.25) is 0 Å². The predicted octanol–water partition coefficient (Wildman–Crippen LogP) is 2.54. The maximum absolute atomic E-state index is 13.6. The Morgan fingerprint density at radius 3 is 3.06 bits per heavy atom. The molecule has 90 valence electrons. The van der Waals surface area contributed by atoms with Crippen LogP contribution in [0.1, 0.15) is 31.0 Å². The van der Waals surface area contributed by atoms with Gasteiger partial charge in [0.15, 0.2) is 5.82 Å². The van der Waals surface area contributed by atoms with E-state index in [4.69, 9.17) is 5.73 Å². The van der Waals surface area contributed by atoms with Gasteiger partial charge in [-0.15, -0.1) is 0 Å². The first-order valence-electron chi connectivity index (χ1n) is 6.14. The van der Waals surface area contributed by atoms with Crippen molar-refractivity contribution in [1.29, 1.82) is 0 Å². The Morgan fingerprint density at radius 2 is 2.29 bits per heavy atom. The fourth-order valence-corrected chi connectivity index (χ4v) is 2.87. The minimum absolute atomic E-state index is 0.257. The SMILES string of the molecule is NCC1CCCC1c1nc2c(F)cccc2[nH]1. The highest BCUT2D eigenvalue weighted by Crippen LogP contribution is 2.38. The maximum atomic E-state index is 13.6. The minimum Gasteiger partial charge on any atom is -0.342 e. The van der Waals surface area contributed by atoms with Crippen LogP contribution in [-0.4, -0.2) is 16.5 Å². The third kappa shape index (κ3) is 1.72. The summed E-state index contributed by atoms with van der Waals surface area (Å²) in [5, 5.41) is 0. The average Bonchev–Trinajstić information content (AvgIpc) is 2.94. The summed E-state index contributed by atoms with van der Waals surface area (Å²) in [7, 11) is 0. The molecule has 0 amide bonds. The van der Waals surface area contributed by atoms with Crippen LogP contribution in [0.25, 0.3) is 11.0 Å². The van der Waals surface area contributed by atoms with Gasteiger partial charge in [-0.3, -0.25) is 0 Å². The van der Waals surface area contributed by atoms with E-state index >= 15 is 0 Å². The predicted molar refractivity (Wildman–Crippen MR) is 65.2 cm³/mol. The zero-order chi connectivity index (χ0) is 11.8. The van der Waals surface area contributed by atoms with Gasteiger partial charge in [-0.2, -0.15) is 0 Å². The van der Waals surface area contributed by atoms with Crippen molar-refractivity contribution in [3.63, 3.8) is 0 Å². The van der Waals surface area contributed by atoms with Crippen LogP contribution >= 0.6 is 0 Å². The topological polar surface area (TPSA) is 54.7 Å². The number of nitrogens with two attached hydrogens (primary N) is 1. The molecular formula is C13H16FN3. The molecule has 1 fully saturated rings. The van der Waals surface area contributed by atoms with Crippen molar-refractivity contribution in [2.24, 2.45) is 11.7 Å². The summed E-state index contributed by atoms with van der Waals surface area (Å²) in [5.74, 6) is 1.50. The molecule has 1 aromatic heterocycles. The van der Waals surface area contributed by atoms with Crippen LogP contribution in [0.15, 0.2) is 18.2 Å². The lowest BCUT2D eigenvalue weighted by Crippen LogP contribution is -2.17. The molecule has 0 aliphatic heterocycles. The van der Waals surface area contributed by atoms with E-state index in [2.05, 4.69) is 9.97 Å². The fourth-order valence-electron chi connectivity index (χ4n) is 2.87. The molecule has 3 nitrogen and oxygen atoms in total. The number of para-hydroxylation sites is 1. The highest BCUT2D eigenvalue weighted by atomic mass is 19.1. The standard InChI is InChI=1S/C13H16FN3/c14-10-5-2-6-11-12(10)17-13(16-11)9-4-1-3-8(9)7-15/h2,5-6,8-9H,1,3-4,7,15H2,(H,16,17). The minimum atomic E-state index is -0.257. The molecule has 0 radical (unpaired) electrons. The Balaban J connectivity index is 2.03. The Bertz CT molecular complexity index is 534. The zero-order valence-corrected chi connectivity index (χ0v) is 9.62. The third-order valence-electron chi connectivity index (χ3n) is 3.79. The lowest BCUT2D eigenvalue weighted by molar-refractivity contribution is 0.481. The van der Waals surface area contributed by atoms with Gasteiger partial charge in [-0.05, 0) is 37.4 Å². The molecule has 1 heterocycles. The van der Waals surface area contributed by atoms with Crippen molar-refractivity contribution in [2.45, 2.75) is 25.2 Å². The number of aromatic amines is 1. The van der Waals surface area contributed by atoms with Crippen molar-refractivity contribution in [3.8, 4) is 0 Å². The molecular weight excluding hydrogens is 217 g/mol. The number of aromatic nitrogens is 2. The van der Waals surface area contributed by atoms with Gasteiger partial charge >= 0.3 is 0 Å². The van der Waals surface area contributed by atoms with Gasteiger partial charge < -0.3 is 10.7 Å². The highest BCUT2D eigenvalue weighted by molar-refractivity contribution is 5.75. The van der Waals surface area contributed by atoms with Gasteiger partial charge in [0.1, 0.15) is 11.3 Å². The van der Waals surface area contributed by atoms with E-state index in [1.165, 1.54) is 12.5 Å². The Hall–Kier alpha value is -1.42. The second-order valence-corrected chi connectivity index (χ2v) is 4.79. The third-order valence-corrected chi connectivity index (χ3v) is 3.79. The first-order chi connectivity index (χ1) is 8.29. The molecule has 2 aromatic rings. The van der Waals surface area contributed by atoms with Gasteiger partial charge in [-0.25, -0.2) is 9.37 Å². The molecule has 4 heteroatoms. The van der Waals surface area contributed by atoms with Crippen LogP contribution in [0, 0.1) is 11.7 Å². The Morgan fingerprint density at radius 1 is 1.41 bits per heavy atom. The van der Waals surface area contributed by atoms with Crippen molar-refractivity contribution in [1.82, 2.24) is 9.97 Å². The molecule has 0 spiro atoms. The number of benzene rings is 1. The van der Waals surface area contributed by atoms with E-state index in [0.29, 0.717) is 23.9 Å². The summed E-state index contributed by atoms with van der Waals surface area (Å²) in [6.45, 7) is 0.685. The summed E-state index contributed by atoms with van der Waals surface area (Å²) < 4.78 is 13.6. The van der Waals surface area contributed by atoms with Crippen LogP contribution in [0.4, 0.5) is 4.39 Å². The van der Waals surface area contributed by atoms with Crippen LogP contribution in [0.3, 0.4) is 0 Å². The van der Waals surface area contributed by atoms with E-state index < -0.39 is 0 Å². The average molecular weight is 233 g/mol. The Kier molecular flexibility index (Phi) is 2.59. The summed E-state index contributed by atoms with van der Waals surface area (Å²) in [6, 6.07) is 5.01. The molecule has 2 atom stereocenters. The normalized spacial score (nSPS) is 24.6. The van der Waals surface area contributed by atoms with Crippen LogP contribution in [0.2, 0.25) is 0 Å². The summed E-state index contributed by atoms with van der Waals surface area (Å²) in [4.78, 5) is 7.64. The highest BCUT2D eigenvalue weighted by Gasteiger charge is 2.29. The maximum Gasteiger partial charge on any atom is 0.151 e. The molecule has 3 N–H and O–H groups in total. The molecule has 1 saturated carbocycles. The summed E-state index contributed by atoms with van der Waals surface area (Å²) in [5.41, 5.74) is 7.00. The van der Waals surface area contributed by atoms with Crippen LogP contribution in [-0.2, 0) is 0 Å². The monoisotopic (exact) mass is 233 g/mol. The number of hydrogen-bond acceptors (Lipinski definition) is 2. The van der Waals surface area contributed by atoms with Gasteiger partial charge in [0.05, 0.1) is 5.52 Å².